The Hall–Kier alpha value is -2.13. The summed E-state index contributed by atoms with van der Waals surface area (Å²) >= 11 is 0. The van der Waals surface area contributed by atoms with Crippen LogP contribution in [0.25, 0.3) is 11.1 Å². The van der Waals surface area contributed by atoms with Crippen LogP contribution < -0.4 is 5.11 Å². The second kappa shape index (κ2) is 5.02. The first-order valence-corrected chi connectivity index (χ1v) is 5.68. The molecule has 0 aliphatic heterocycles. The van der Waals surface area contributed by atoms with Crippen LogP contribution in [-0.2, 0) is 0 Å². The average Bonchev–Trinajstić information content (AvgIpc) is 2.39. The van der Waals surface area contributed by atoms with Gasteiger partial charge in [-0.05, 0) is 29.2 Å². The van der Waals surface area contributed by atoms with E-state index in [1.54, 1.807) is 19.1 Å². The Morgan fingerprint density at radius 3 is 1.83 bits per heavy atom. The fraction of sp³-hybridized carbons (Fsp3) is 0.133. The molecule has 0 saturated heterocycles. The molecule has 1 N–H and O–H groups in total. The highest BCUT2D eigenvalue weighted by Crippen LogP contribution is 2.22. The zero-order valence-electron chi connectivity index (χ0n) is 9.96. The third kappa shape index (κ3) is 2.57. The lowest BCUT2D eigenvalue weighted by atomic mass is 10.0. The van der Waals surface area contributed by atoms with Crippen molar-refractivity contribution in [2.24, 2.45) is 0 Å². The van der Waals surface area contributed by atoms with Crippen molar-refractivity contribution in [3.05, 3.63) is 59.7 Å². The molecule has 0 saturated carbocycles. The minimum atomic E-state index is -1.17. The smallest absolute Gasteiger partial charge is 0.0761 e. The summed E-state index contributed by atoms with van der Waals surface area (Å²) in [4.78, 5) is 10.6. The van der Waals surface area contributed by atoms with Crippen LogP contribution in [0.4, 0.5) is 0 Å². The number of hydrogen-bond acceptors (Lipinski definition) is 3. The molecule has 3 heteroatoms. The molecular formula is C15H13O3-. The van der Waals surface area contributed by atoms with E-state index in [-0.39, 0.29) is 5.56 Å². The van der Waals surface area contributed by atoms with Gasteiger partial charge in [0, 0.05) is 0 Å². The Morgan fingerprint density at radius 2 is 1.44 bits per heavy atom. The van der Waals surface area contributed by atoms with E-state index in [1.807, 2.05) is 24.3 Å². The molecule has 92 valence electrons. The average molecular weight is 241 g/mol. The van der Waals surface area contributed by atoms with Crippen molar-refractivity contribution in [1.29, 1.82) is 0 Å². The zero-order chi connectivity index (χ0) is 13.1. The first-order valence-electron chi connectivity index (χ1n) is 5.68. The molecule has 0 bridgehead atoms. The highest BCUT2D eigenvalue weighted by Gasteiger charge is 2.02. The molecular weight excluding hydrogens is 228 g/mol. The van der Waals surface area contributed by atoms with Crippen LogP contribution in [0, 0.1) is 0 Å². The van der Waals surface area contributed by atoms with Gasteiger partial charge >= 0.3 is 0 Å². The van der Waals surface area contributed by atoms with Crippen molar-refractivity contribution in [2.45, 2.75) is 13.0 Å². The topological polar surface area (TPSA) is 60.4 Å². The standard InChI is InChI=1S/C15H14O3/c1-10(16)11-2-4-12(5-3-11)13-6-8-14(9-7-13)15(17)18/h2-10,16H,1H3,(H,17,18)/p-1. The summed E-state index contributed by atoms with van der Waals surface area (Å²) in [5, 5.41) is 20.0. The minimum absolute atomic E-state index is 0.166. The summed E-state index contributed by atoms with van der Waals surface area (Å²) < 4.78 is 0. The maximum Gasteiger partial charge on any atom is 0.0761 e. The third-order valence-corrected chi connectivity index (χ3v) is 2.85. The van der Waals surface area contributed by atoms with E-state index in [1.165, 1.54) is 12.1 Å². The Balaban J connectivity index is 2.28. The molecule has 0 amide bonds. The molecule has 0 heterocycles. The van der Waals surface area contributed by atoms with Gasteiger partial charge in [-0.25, -0.2) is 0 Å². The summed E-state index contributed by atoms with van der Waals surface area (Å²) in [7, 11) is 0. The van der Waals surface area contributed by atoms with Gasteiger partial charge in [-0.3, -0.25) is 0 Å². The van der Waals surface area contributed by atoms with Gasteiger partial charge in [0.15, 0.2) is 0 Å². The van der Waals surface area contributed by atoms with Crippen LogP contribution in [0.2, 0.25) is 0 Å². The molecule has 1 atom stereocenters. The van der Waals surface area contributed by atoms with Crippen LogP contribution >= 0.6 is 0 Å². The van der Waals surface area contributed by atoms with E-state index in [9.17, 15) is 15.0 Å². The lowest BCUT2D eigenvalue weighted by molar-refractivity contribution is -0.255. The minimum Gasteiger partial charge on any atom is -0.545 e. The number of carbonyl (C=O) groups is 1. The lowest BCUT2D eigenvalue weighted by Gasteiger charge is -2.07. The van der Waals surface area contributed by atoms with Crippen LogP contribution in [0.5, 0.6) is 0 Å². The molecule has 0 fully saturated rings. The normalized spacial score (nSPS) is 12.1. The van der Waals surface area contributed by atoms with Crippen molar-refractivity contribution in [3.63, 3.8) is 0 Å². The summed E-state index contributed by atoms with van der Waals surface area (Å²) in [5.41, 5.74) is 2.92. The van der Waals surface area contributed by atoms with E-state index >= 15 is 0 Å². The van der Waals surface area contributed by atoms with Crippen LogP contribution in [0.3, 0.4) is 0 Å². The van der Waals surface area contributed by atoms with E-state index < -0.39 is 12.1 Å². The Kier molecular flexibility index (Phi) is 3.44. The van der Waals surface area contributed by atoms with Crippen molar-refractivity contribution in [3.8, 4) is 11.1 Å². The maximum absolute atomic E-state index is 10.6. The van der Waals surface area contributed by atoms with Gasteiger partial charge in [0.25, 0.3) is 0 Å². The van der Waals surface area contributed by atoms with Crippen molar-refractivity contribution >= 4 is 5.97 Å². The molecule has 0 radical (unpaired) electrons. The largest absolute Gasteiger partial charge is 0.545 e. The lowest BCUT2D eigenvalue weighted by Crippen LogP contribution is -2.21. The third-order valence-electron chi connectivity index (χ3n) is 2.85. The quantitative estimate of drug-likeness (QED) is 0.890. The monoisotopic (exact) mass is 241 g/mol. The van der Waals surface area contributed by atoms with Gasteiger partial charge in [-0.15, -0.1) is 0 Å². The second-order valence-electron chi connectivity index (χ2n) is 4.16. The van der Waals surface area contributed by atoms with E-state index in [0.717, 1.165) is 16.7 Å². The molecule has 0 aliphatic rings. The predicted octanol–water partition coefficient (Wildman–Crippen LogP) is 1.77. The second-order valence-corrected chi connectivity index (χ2v) is 4.16. The molecule has 2 aromatic carbocycles. The SMILES string of the molecule is CC(O)c1ccc(-c2ccc(C(=O)[O-])cc2)cc1. The number of aromatic carboxylic acids is 1. The van der Waals surface area contributed by atoms with E-state index in [0.29, 0.717) is 0 Å². The molecule has 0 aromatic heterocycles. The fourth-order valence-corrected chi connectivity index (χ4v) is 1.75. The highest BCUT2D eigenvalue weighted by molar-refractivity contribution is 5.86. The summed E-state index contributed by atoms with van der Waals surface area (Å²) in [5.74, 6) is -1.17. The van der Waals surface area contributed by atoms with Gasteiger partial charge in [0.2, 0.25) is 0 Å². The number of rotatable bonds is 3. The number of carboxylic acids is 1. The fourth-order valence-electron chi connectivity index (χ4n) is 1.75. The molecule has 3 nitrogen and oxygen atoms in total. The first kappa shape index (κ1) is 12.3. The number of hydrogen-bond donors (Lipinski definition) is 1. The molecule has 2 rings (SSSR count). The number of aliphatic hydroxyl groups excluding tert-OH is 1. The Morgan fingerprint density at radius 1 is 1.00 bits per heavy atom. The maximum atomic E-state index is 10.6. The van der Waals surface area contributed by atoms with Crippen molar-refractivity contribution < 1.29 is 15.0 Å². The van der Waals surface area contributed by atoms with Crippen molar-refractivity contribution in [1.82, 2.24) is 0 Å². The van der Waals surface area contributed by atoms with E-state index in [2.05, 4.69) is 0 Å². The summed E-state index contributed by atoms with van der Waals surface area (Å²) in [6, 6.07) is 14.0. The molecule has 0 aliphatic carbocycles. The highest BCUT2D eigenvalue weighted by atomic mass is 16.4. The molecule has 18 heavy (non-hydrogen) atoms. The van der Waals surface area contributed by atoms with E-state index in [4.69, 9.17) is 0 Å². The van der Waals surface area contributed by atoms with Gasteiger partial charge in [0.05, 0.1) is 12.1 Å². The molecule has 0 spiro atoms. The van der Waals surface area contributed by atoms with Crippen LogP contribution in [0.1, 0.15) is 28.9 Å². The van der Waals surface area contributed by atoms with Gasteiger partial charge in [-0.2, -0.15) is 0 Å². The number of carboxylic acid groups (broad SMARTS) is 1. The first-order chi connectivity index (χ1) is 8.58. The Labute approximate surface area is 105 Å². The summed E-state index contributed by atoms with van der Waals surface area (Å²) in [6.07, 6.45) is -0.487. The molecule has 1 unspecified atom stereocenters. The zero-order valence-corrected chi connectivity index (χ0v) is 9.96. The Bertz CT molecular complexity index is 539. The van der Waals surface area contributed by atoms with Gasteiger partial charge in [-0.1, -0.05) is 48.5 Å². The van der Waals surface area contributed by atoms with Gasteiger partial charge in [0.1, 0.15) is 0 Å². The van der Waals surface area contributed by atoms with Crippen LogP contribution in [0.15, 0.2) is 48.5 Å². The van der Waals surface area contributed by atoms with Crippen LogP contribution in [-0.4, -0.2) is 11.1 Å². The molecule has 2 aromatic rings. The summed E-state index contributed by atoms with van der Waals surface area (Å²) in [6.45, 7) is 1.71. The number of aliphatic hydroxyl groups is 1. The number of carbonyl (C=O) groups excluding carboxylic acids is 1. The predicted molar refractivity (Wildman–Crippen MR) is 66.8 cm³/mol. The van der Waals surface area contributed by atoms with Gasteiger partial charge < -0.3 is 15.0 Å². The number of benzene rings is 2. The van der Waals surface area contributed by atoms with Crippen molar-refractivity contribution in [2.75, 3.05) is 0 Å².